The zero-order chi connectivity index (χ0) is 20.4. The Hall–Kier alpha value is -3.33. The first-order valence-electron chi connectivity index (χ1n) is 10.5. The molecule has 1 aromatic carbocycles. The Bertz CT molecular complexity index is 1160. The minimum absolute atomic E-state index is 0.0897. The molecule has 3 unspecified atom stereocenters. The third kappa shape index (κ3) is 2.35. The first-order chi connectivity index (χ1) is 14.7. The summed E-state index contributed by atoms with van der Waals surface area (Å²) in [6.07, 6.45) is 10.4. The molecule has 2 aliphatic heterocycles. The van der Waals surface area contributed by atoms with Crippen molar-refractivity contribution in [3.63, 3.8) is 0 Å². The Morgan fingerprint density at radius 3 is 3.07 bits per heavy atom. The van der Waals surface area contributed by atoms with Crippen molar-refractivity contribution in [1.29, 1.82) is 5.26 Å². The number of ether oxygens (including phenoxy) is 1. The number of pyridine rings is 1. The molecule has 1 N–H and O–H groups in total. The Morgan fingerprint density at radius 1 is 1.37 bits per heavy atom. The molecule has 2 aliphatic carbocycles. The van der Waals surface area contributed by atoms with Crippen LogP contribution in [0.15, 0.2) is 36.3 Å². The summed E-state index contributed by atoms with van der Waals surface area (Å²) in [6, 6.07) is 6.61. The third-order valence-electron chi connectivity index (χ3n) is 6.78. The molecule has 30 heavy (non-hydrogen) atoms. The van der Waals surface area contributed by atoms with E-state index in [2.05, 4.69) is 34.3 Å². The van der Waals surface area contributed by atoms with Crippen molar-refractivity contribution in [1.82, 2.24) is 4.98 Å². The average Bonchev–Trinajstić information content (AvgIpc) is 3.21. The molecule has 1 fully saturated rings. The normalized spacial score (nSPS) is 25.4. The van der Waals surface area contributed by atoms with Crippen LogP contribution in [-0.2, 0) is 0 Å². The minimum atomic E-state index is -0.272. The molecule has 1 saturated carbocycles. The third-order valence-corrected chi connectivity index (χ3v) is 6.78. The molecule has 150 valence electrons. The second kappa shape index (κ2) is 6.33. The van der Waals surface area contributed by atoms with Crippen molar-refractivity contribution in [3.05, 3.63) is 58.8 Å². The number of hydrogen-bond acceptors (Lipinski definition) is 5. The van der Waals surface area contributed by atoms with E-state index in [1.54, 1.807) is 12.3 Å². The van der Waals surface area contributed by atoms with Crippen LogP contribution in [0.2, 0.25) is 0 Å². The van der Waals surface area contributed by atoms with Crippen molar-refractivity contribution in [2.75, 3.05) is 16.8 Å². The van der Waals surface area contributed by atoms with E-state index in [1.165, 1.54) is 5.56 Å². The highest BCUT2D eigenvalue weighted by Gasteiger charge is 2.41. The van der Waals surface area contributed by atoms with Gasteiger partial charge in [0.1, 0.15) is 18.4 Å². The lowest BCUT2D eigenvalue weighted by atomic mass is 9.79. The van der Waals surface area contributed by atoms with Crippen LogP contribution < -0.4 is 15.0 Å². The van der Waals surface area contributed by atoms with E-state index < -0.39 is 0 Å². The summed E-state index contributed by atoms with van der Waals surface area (Å²) in [4.78, 5) is 6.31. The molecule has 2 aromatic rings. The predicted octanol–water partition coefficient (Wildman–Crippen LogP) is 4.83. The Morgan fingerprint density at radius 2 is 2.27 bits per heavy atom. The topological polar surface area (TPSA) is 61.2 Å². The van der Waals surface area contributed by atoms with E-state index >= 15 is 4.39 Å². The SMILES string of the molecule is CC1COc2c(NC3CCC(c4cccnc4)C3)c(F)c3c4c2N1C=C(C#N)C4=C3. The highest BCUT2D eigenvalue weighted by molar-refractivity contribution is 6.13. The van der Waals surface area contributed by atoms with Gasteiger partial charge in [-0.15, -0.1) is 0 Å². The van der Waals surface area contributed by atoms with Gasteiger partial charge in [-0.1, -0.05) is 6.07 Å². The molecule has 3 atom stereocenters. The van der Waals surface area contributed by atoms with E-state index in [9.17, 15) is 5.26 Å². The summed E-state index contributed by atoms with van der Waals surface area (Å²) in [6.45, 7) is 2.51. The van der Waals surface area contributed by atoms with Crippen molar-refractivity contribution in [2.45, 2.75) is 44.2 Å². The molecule has 5 nitrogen and oxygen atoms in total. The number of halogens is 1. The van der Waals surface area contributed by atoms with Crippen LogP contribution in [0.3, 0.4) is 0 Å². The summed E-state index contributed by atoms with van der Waals surface area (Å²) in [5.74, 6) is 0.740. The first-order valence-corrected chi connectivity index (χ1v) is 10.5. The highest BCUT2D eigenvalue weighted by Crippen LogP contribution is 2.57. The molecular formula is C24H21FN4O. The van der Waals surface area contributed by atoms with E-state index in [0.717, 1.165) is 36.1 Å². The molecule has 0 radical (unpaired) electrons. The molecule has 0 saturated heterocycles. The quantitative estimate of drug-likeness (QED) is 0.800. The predicted molar refractivity (Wildman–Crippen MR) is 114 cm³/mol. The zero-order valence-electron chi connectivity index (χ0n) is 16.7. The molecule has 0 bridgehead atoms. The monoisotopic (exact) mass is 400 g/mol. The van der Waals surface area contributed by atoms with Gasteiger partial charge in [-0.2, -0.15) is 5.26 Å². The van der Waals surface area contributed by atoms with Crippen molar-refractivity contribution >= 4 is 23.0 Å². The van der Waals surface area contributed by atoms with Crippen LogP contribution in [0, 0.1) is 17.1 Å². The van der Waals surface area contributed by atoms with Crippen LogP contribution in [0.5, 0.6) is 5.75 Å². The number of aromatic nitrogens is 1. The molecule has 3 heterocycles. The van der Waals surface area contributed by atoms with Crippen LogP contribution in [0.1, 0.15) is 48.8 Å². The lowest BCUT2D eigenvalue weighted by molar-refractivity contribution is 0.277. The van der Waals surface area contributed by atoms with Gasteiger partial charge in [0, 0.05) is 41.3 Å². The number of rotatable bonds is 3. The van der Waals surface area contributed by atoms with Crippen molar-refractivity contribution < 1.29 is 9.13 Å². The molecule has 0 spiro atoms. The van der Waals surface area contributed by atoms with E-state index in [1.807, 2.05) is 18.5 Å². The lowest BCUT2D eigenvalue weighted by Gasteiger charge is -2.43. The highest BCUT2D eigenvalue weighted by atomic mass is 19.1. The molecular weight excluding hydrogens is 379 g/mol. The van der Waals surface area contributed by atoms with Crippen LogP contribution in [0.4, 0.5) is 15.8 Å². The van der Waals surface area contributed by atoms with E-state index in [0.29, 0.717) is 35.1 Å². The fourth-order valence-corrected chi connectivity index (χ4v) is 5.21. The molecule has 1 aromatic heterocycles. The van der Waals surface area contributed by atoms with Gasteiger partial charge in [-0.05, 0) is 49.8 Å². The number of anilines is 2. The second-order valence-corrected chi connectivity index (χ2v) is 8.57. The minimum Gasteiger partial charge on any atom is -0.487 e. The molecule has 0 amide bonds. The van der Waals surface area contributed by atoms with Gasteiger partial charge in [0.25, 0.3) is 0 Å². The molecule has 6 rings (SSSR count). The summed E-state index contributed by atoms with van der Waals surface area (Å²) < 4.78 is 21.6. The number of allylic oxidation sites excluding steroid dienone is 2. The number of nitriles is 1. The molecule has 6 heteroatoms. The first kappa shape index (κ1) is 17.5. The van der Waals surface area contributed by atoms with Gasteiger partial charge in [0.2, 0.25) is 0 Å². The maximum absolute atomic E-state index is 15.5. The van der Waals surface area contributed by atoms with Gasteiger partial charge in [0.05, 0.1) is 17.3 Å². The number of nitrogens with one attached hydrogen (secondary N) is 1. The maximum Gasteiger partial charge on any atom is 0.169 e. The molecule has 4 aliphatic rings. The largest absolute Gasteiger partial charge is 0.487 e. The fourth-order valence-electron chi connectivity index (χ4n) is 5.21. The maximum atomic E-state index is 15.5. The Kier molecular flexibility index (Phi) is 3.70. The number of benzene rings is 1. The van der Waals surface area contributed by atoms with Crippen molar-refractivity contribution in [2.24, 2.45) is 0 Å². The van der Waals surface area contributed by atoms with Gasteiger partial charge in [-0.25, -0.2) is 4.39 Å². The fraction of sp³-hybridized carbons (Fsp3) is 0.333. The van der Waals surface area contributed by atoms with E-state index in [-0.39, 0.29) is 17.9 Å². The van der Waals surface area contributed by atoms with Crippen LogP contribution in [0.25, 0.3) is 11.6 Å². The standard InChI is InChI=1S/C24H21FN4O/c1-13-12-30-24-22(28-17-5-4-14(7-17)15-3-2-6-27-10-15)21(25)19-8-18-16(9-26)11-29(13)23(24)20(18)19/h2-3,6,8,10-11,13-14,17,28H,4-5,7,12H2,1H3. The number of nitrogens with zero attached hydrogens (tertiary/aromatic N) is 3. The van der Waals surface area contributed by atoms with Gasteiger partial charge in [0.15, 0.2) is 11.6 Å². The zero-order valence-corrected chi connectivity index (χ0v) is 16.7. The summed E-state index contributed by atoms with van der Waals surface area (Å²) in [7, 11) is 0. The van der Waals surface area contributed by atoms with Gasteiger partial charge in [-0.3, -0.25) is 4.98 Å². The van der Waals surface area contributed by atoms with Gasteiger partial charge < -0.3 is 15.0 Å². The van der Waals surface area contributed by atoms with Crippen LogP contribution in [-0.4, -0.2) is 23.7 Å². The smallest absolute Gasteiger partial charge is 0.169 e. The van der Waals surface area contributed by atoms with E-state index in [4.69, 9.17) is 4.74 Å². The number of hydrogen-bond donors (Lipinski definition) is 1. The lowest BCUT2D eigenvalue weighted by Crippen LogP contribution is -2.41. The second-order valence-electron chi connectivity index (χ2n) is 8.57. The summed E-state index contributed by atoms with van der Waals surface area (Å²) in [5, 5.41) is 13.0. The van der Waals surface area contributed by atoms with Gasteiger partial charge >= 0.3 is 0 Å². The summed E-state index contributed by atoms with van der Waals surface area (Å²) >= 11 is 0. The Balaban J connectivity index is 1.36. The van der Waals surface area contributed by atoms with Crippen LogP contribution >= 0.6 is 0 Å². The summed E-state index contributed by atoms with van der Waals surface area (Å²) in [5.41, 5.74) is 5.40. The average molecular weight is 400 g/mol. The Labute approximate surface area is 174 Å². The van der Waals surface area contributed by atoms with Crippen molar-refractivity contribution in [3.8, 4) is 11.8 Å².